The molecule has 2 aromatic rings. The number of hydrogen-bond donors (Lipinski definition) is 2. The Labute approximate surface area is 115 Å². The van der Waals surface area contributed by atoms with E-state index in [2.05, 4.69) is 35.8 Å². The third-order valence-corrected chi connectivity index (χ3v) is 3.37. The molecule has 0 fully saturated rings. The van der Waals surface area contributed by atoms with Gasteiger partial charge in [-0.1, -0.05) is 13.8 Å². The van der Waals surface area contributed by atoms with Crippen molar-refractivity contribution in [3.05, 3.63) is 24.0 Å². The molecule has 1 aromatic heterocycles. The number of likely N-dealkylation sites (N-methyl/N-ethyl adjacent to an activating group) is 1. The van der Waals surface area contributed by atoms with Crippen molar-refractivity contribution in [2.24, 2.45) is 5.92 Å². The third kappa shape index (κ3) is 3.96. The van der Waals surface area contributed by atoms with Gasteiger partial charge in [0.1, 0.15) is 5.82 Å². The number of nitrogen functional groups attached to an aromatic ring is 1. The van der Waals surface area contributed by atoms with Crippen LogP contribution in [0.15, 0.2) is 18.2 Å². The van der Waals surface area contributed by atoms with Gasteiger partial charge in [0.15, 0.2) is 0 Å². The van der Waals surface area contributed by atoms with Crippen molar-refractivity contribution in [2.75, 3.05) is 25.9 Å². The largest absolute Gasteiger partial charge is 0.399 e. The summed E-state index contributed by atoms with van der Waals surface area (Å²) in [5.41, 5.74) is 8.56. The van der Waals surface area contributed by atoms with Gasteiger partial charge in [0.05, 0.1) is 11.0 Å². The zero-order valence-electron chi connectivity index (χ0n) is 12.1. The number of nitrogens with two attached hydrogens (primary N) is 1. The van der Waals surface area contributed by atoms with Gasteiger partial charge >= 0.3 is 0 Å². The minimum Gasteiger partial charge on any atom is -0.399 e. The monoisotopic (exact) mass is 260 g/mol. The van der Waals surface area contributed by atoms with Crippen LogP contribution in [0, 0.1) is 5.92 Å². The molecule has 0 spiro atoms. The van der Waals surface area contributed by atoms with E-state index in [0.717, 1.165) is 48.0 Å². The molecule has 3 N–H and O–H groups in total. The summed E-state index contributed by atoms with van der Waals surface area (Å²) in [6.45, 7) is 6.70. The fraction of sp³-hybridized carbons (Fsp3) is 0.533. The molecule has 0 unspecified atom stereocenters. The molecule has 0 saturated heterocycles. The van der Waals surface area contributed by atoms with Crippen LogP contribution in [-0.4, -0.2) is 35.0 Å². The van der Waals surface area contributed by atoms with Crippen LogP contribution < -0.4 is 5.73 Å². The molecule has 0 atom stereocenters. The molecule has 1 heterocycles. The van der Waals surface area contributed by atoms with Crippen LogP contribution in [-0.2, 0) is 6.42 Å². The molecule has 1 aromatic carbocycles. The van der Waals surface area contributed by atoms with Gasteiger partial charge in [-0.2, -0.15) is 0 Å². The minimum absolute atomic E-state index is 0.761. The van der Waals surface area contributed by atoms with Gasteiger partial charge in [0.25, 0.3) is 0 Å². The molecule has 0 aliphatic rings. The number of aromatic amines is 1. The van der Waals surface area contributed by atoms with Gasteiger partial charge in [0, 0.05) is 18.7 Å². The summed E-state index contributed by atoms with van der Waals surface area (Å²) in [6.07, 6.45) is 2.19. The maximum Gasteiger partial charge on any atom is 0.108 e. The van der Waals surface area contributed by atoms with E-state index in [1.165, 1.54) is 6.42 Å². The van der Waals surface area contributed by atoms with Crippen LogP contribution in [0.1, 0.15) is 26.1 Å². The van der Waals surface area contributed by atoms with Gasteiger partial charge in [-0.3, -0.25) is 0 Å². The Morgan fingerprint density at radius 3 is 2.84 bits per heavy atom. The average Bonchev–Trinajstić information content (AvgIpc) is 2.75. The van der Waals surface area contributed by atoms with E-state index in [9.17, 15) is 0 Å². The maximum atomic E-state index is 5.77. The zero-order valence-corrected chi connectivity index (χ0v) is 12.1. The van der Waals surface area contributed by atoms with Crippen LogP contribution in [0.5, 0.6) is 0 Å². The molecule has 19 heavy (non-hydrogen) atoms. The van der Waals surface area contributed by atoms with Crippen molar-refractivity contribution >= 4 is 16.7 Å². The molecule has 0 amide bonds. The predicted molar refractivity (Wildman–Crippen MR) is 81.2 cm³/mol. The molecule has 0 radical (unpaired) electrons. The normalized spacial score (nSPS) is 11.8. The van der Waals surface area contributed by atoms with Gasteiger partial charge < -0.3 is 15.6 Å². The lowest BCUT2D eigenvalue weighted by molar-refractivity contribution is 0.312. The van der Waals surface area contributed by atoms with Crippen LogP contribution >= 0.6 is 0 Å². The first-order chi connectivity index (χ1) is 9.04. The molecular weight excluding hydrogens is 236 g/mol. The number of nitrogens with one attached hydrogen (secondary N) is 1. The summed E-state index contributed by atoms with van der Waals surface area (Å²) in [4.78, 5) is 10.3. The van der Waals surface area contributed by atoms with Gasteiger partial charge in [0.2, 0.25) is 0 Å². The van der Waals surface area contributed by atoms with E-state index in [0.29, 0.717) is 0 Å². The highest BCUT2D eigenvalue weighted by atomic mass is 15.1. The zero-order chi connectivity index (χ0) is 13.8. The quantitative estimate of drug-likeness (QED) is 0.785. The van der Waals surface area contributed by atoms with Gasteiger partial charge in [-0.25, -0.2) is 4.98 Å². The summed E-state index contributed by atoms with van der Waals surface area (Å²) in [5, 5.41) is 0. The van der Waals surface area contributed by atoms with Crippen molar-refractivity contribution < 1.29 is 0 Å². The first kappa shape index (κ1) is 13.9. The Bertz CT molecular complexity index is 530. The molecule has 4 heteroatoms. The van der Waals surface area contributed by atoms with Crippen LogP contribution in [0.3, 0.4) is 0 Å². The number of imidazole rings is 1. The number of hydrogen-bond acceptors (Lipinski definition) is 3. The van der Waals surface area contributed by atoms with E-state index in [4.69, 9.17) is 5.73 Å². The molecule has 0 bridgehead atoms. The van der Waals surface area contributed by atoms with Crippen LogP contribution in [0.25, 0.3) is 11.0 Å². The highest BCUT2D eigenvalue weighted by molar-refractivity contribution is 5.78. The van der Waals surface area contributed by atoms with Crippen LogP contribution in [0.4, 0.5) is 5.69 Å². The summed E-state index contributed by atoms with van der Waals surface area (Å²) in [6, 6.07) is 5.79. The molecule has 104 valence electrons. The highest BCUT2D eigenvalue weighted by Crippen LogP contribution is 2.15. The second-order valence-corrected chi connectivity index (χ2v) is 5.70. The molecule has 0 aliphatic heterocycles. The summed E-state index contributed by atoms with van der Waals surface area (Å²) < 4.78 is 0. The molecule has 4 nitrogen and oxygen atoms in total. The first-order valence-corrected chi connectivity index (χ1v) is 6.97. The SMILES string of the molecule is CC(C)CCN(C)CCc1nc2ccc(N)cc2[nH]1. The van der Waals surface area contributed by atoms with Gasteiger partial charge in [-0.15, -0.1) is 0 Å². The summed E-state index contributed by atoms with van der Waals surface area (Å²) >= 11 is 0. The Balaban J connectivity index is 1.90. The first-order valence-electron chi connectivity index (χ1n) is 6.97. The lowest BCUT2D eigenvalue weighted by atomic mass is 10.1. The van der Waals surface area contributed by atoms with Gasteiger partial charge in [-0.05, 0) is 44.1 Å². The van der Waals surface area contributed by atoms with Crippen molar-refractivity contribution in [1.29, 1.82) is 0 Å². The Kier molecular flexibility index (Phi) is 4.43. The van der Waals surface area contributed by atoms with Crippen molar-refractivity contribution in [3.8, 4) is 0 Å². The number of H-pyrrole nitrogens is 1. The Hall–Kier alpha value is -1.55. The third-order valence-electron chi connectivity index (χ3n) is 3.37. The second kappa shape index (κ2) is 6.06. The number of anilines is 1. The highest BCUT2D eigenvalue weighted by Gasteiger charge is 2.05. The van der Waals surface area contributed by atoms with Crippen molar-refractivity contribution in [3.63, 3.8) is 0 Å². The standard InChI is InChI=1S/C15H24N4/c1-11(2)6-8-19(3)9-7-15-17-13-5-4-12(16)10-14(13)18-15/h4-5,10-11H,6-9,16H2,1-3H3,(H,17,18). The second-order valence-electron chi connectivity index (χ2n) is 5.70. The Morgan fingerprint density at radius 2 is 2.11 bits per heavy atom. The van der Waals surface area contributed by atoms with Crippen LogP contribution in [0.2, 0.25) is 0 Å². The average molecular weight is 260 g/mol. The smallest absolute Gasteiger partial charge is 0.108 e. The van der Waals surface area contributed by atoms with E-state index < -0.39 is 0 Å². The lowest BCUT2D eigenvalue weighted by Crippen LogP contribution is -2.23. The summed E-state index contributed by atoms with van der Waals surface area (Å²) in [7, 11) is 2.17. The fourth-order valence-corrected chi connectivity index (χ4v) is 2.09. The number of rotatable bonds is 6. The Morgan fingerprint density at radius 1 is 1.32 bits per heavy atom. The number of nitrogens with zero attached hydrogens (tertiary/aromatic N) is 2. The van der Waals surface area contributed by atoms with Crippen molar-refractivity contribution in [2.45, 2.75) is 26.7 Å². The topological polar surface area (TPSA) is 57.9 Å². The molecular formula is C15H24N4. The van der Waals surface area contributed by atoms with E-state index in [1.807, 2.05) is 18.2 Å². The number of fused-ring (bicyclic) bond motifs is 1. The van der Waals surface area contributed by atoms with E-state index in [-0.39, 0.29) is 0 Å². The molecule has 0 saturated carbocycles. The number of aromatic nitrogens is 2. The fourth-order valence-electron chi connectivity index (χ4n) is 2.09. The van der Waals surface area contributed by atoms with E-state index in [1.54, 1.807) is 0 Å². The maximum absolute atomic E-state index is 5.77. The van der Waals surface area contributed by atoms with E-state index >= 15 is 0 Å². The minimum atomic E-state index is 0.761. The number of benzene rings is 1. The predicted octanol–water partition coefficient (Wildman–Crippen LogP) is 2.67. The molecule has 0 aliphatic carbocycles. The molecule has 2 rings (SSSR count). The summed E-state index contributed by atoms with van der Waals surface area (Å²) in [5.74, 6) is 1.80. The van der Waals surface area contributed by atoms with Crippen molar-refractivity contribution in [1.82, 2.24) is 14.9 Å². The lowest BCUT2D eigenvalue weighted by Gasteiger charge is -2.16.